The fraction of sp³-hybridized carbons (Fsp3) is 0.211. The van der Waals surface area contributed by atoms with Gasteiger partial charge in [0.15, 0.2) is 0 Å². The van der Waals surface area contributed by atoms with Crippen molar-refractivity contribution in [1.29, 1.82) is 0 Å². The van der Waals surface area contributed by atoms with Gasteiger partial charge in [-0.15, -0.1) is 0 Å². The average molecular weight is 410 g/mol. The Labute approximate surface area is 155 Å². The summed E-state index contributed by atoms with van der Waals surface area (Å²) in [7, 11) is 0. The van der Waals surface area contributed by atoms with Crippen LogP contribution in [0, 0.1) is 13.8 Å². The molecule has 126 valence electrons. The van der Waals surface area contributed by atoms with Crippen LogP contribution in [0.1, 0.15) is 23.6 Å². The molecular formula is C19H18BrClO3. The normalized spacial score (nSPS) is 10.9. The molecule has 2 aromatic rings. The summed E-state index contributed by atoms with van der Waals surface area (Å²) in [5, 5.41) is 0.681. The van der Waals surface area contributed by atoms with E-state index < -0.39 is 5.97 Å². The molecule has 0 saturated heterocycles. The second-order valence-corrected chi connectivity index (χ2v) is 6.53. The number of aryl methyl sites for hydroxylation is 2. The minimum atomic E-state index is -0.460. The molecule has 5 heteroatoms. The lowest BCUT2D eigenvalue weighted by molar-refractivity contribution is -0.128. The van der Waals surface area contributed by atoms with Gasteiger partial charge in [-0.1, -0.05) is 27.5 Å². The van der Waals surface area contributed by atoms with Gasteiger partial charge in [0.05, 0.1) is 6.61 Å². The van der Waals surface area contributed by atoms with E-state index in [0.29, 0.717) is 23.1 Å². The first-order chi connectivity index (χ1) is 11.4. The first-order valence-corrected chi connectivity index (χ1v) is 8.66. The van der Waals surface area contributed by atoms with Crippen LogP contribution in [0.15, 0.2) is 40.9 Å². The van der Waals surface area contributed by atoms with E-state index in [1.165, 1.54) is 6.08 Å². The lowest BCUT2D eigenvalue weighted by atomic mass is 10.1. The molecule has 0 aliphatic rings. The molecule has 0 aliphatic heterocycles. The zero-order valence-electron chi connectivity index (χ0n) is 13.7. The van der Waals surface area contributed by atoms with E-state index in [1.807, 2.05) is 39.0 Å². The van der Waals surface area contributed by atoms with Gasteiger partial charge in [0.2, 0.25) is 0 Å². The Morgan fingerprint density at radius 2 is 1.88 bits per heavy atom. The lowest BCUT2D eigenvalue weighted by Gasteiger charge is -2.08. The lowest BCUT2D eigenvalue weighted by Crippen LogP contribution is -2.04. The highest BCUT2D eigenvalue weighted by Gasteiger charge is 2.07. The van der Waals surface area contributed by atoms with Crippen molar-refractivity contribution < 1.29 is 14.3 Å². The van der Waals surface area contributed by atoms with Gasteiger partial charge >= 0.3 is 5.97 Å². The van der Waals surface area contributed by atoms with Crippen LogP contribution in [0.4, 0.5) is 0 Å². The number of hydrogen-bond donors (Lipinski definition) is 0. The summed E-state index contributed by atoms with van der Waals surface area (Å²) in [4.78, 5) is 12.1. The molecule has 0 heterocycles. The van der Waals surface area contributed by atoms with Crippen LogP contribution < -0.4 is 9.47 Å². The number of rotatable bonds is 5. The minimum Gasteiger partial charge on any atom is -0.493 e. The molecule has 0 aliphatic carbocycles. The van der Waals surface area contributed by atoms with E-state index >= 15 is 0 Å². The van der Waals surface area contributed by atoms with E-state index in [2.05, 4.69) is 15.9 Å². The number of carbonyl (C=O) groups is 1. The Morgan fingerprint density at radius 3 is 2.50 bits per heavy atom. The van der Waals surface area contributed by atoms with Crippen LogP contribution >= 0.6 is 27.5 Å². The van der Waals surface area contributed by atoms with Gasteiger partial charge in [-0.3, -0.25) is 0 Å². The first kappa shape index (κ1) is 18.6. The Morgan fingerprint density at radius 1 is 1.21 bits per heavy atom. The molecule has 0 aromatic heterocycles. The fourth-order valence-corrected chi connectivity index (χ4v) is 2.70. The molecule has 0 amide bonds. The highest BCUT2D eigenvalue weighted by atomic mass is 79.9. The Hall–Kier alpha value is -1.78. The number of ether oxygens (including phenoxy) is 2. The predicted molar refractivity (Wildman–Crippen MR) is 101 cm³/mol. The first-order valence-electron chi connectivity index (χ1n) is 7.49. The molecule has 0 fully saturated rings. The Balaban J connectivity index is 2.15. The number of carbonyl (C=O) groups excluding carboxylic acids is 1. The zero-order chi connectivity index (χ0) is 17.7. The summed E-state index contributed by atoms with van der Waals surface area (Å²) in [6, 6.07) is 9.10. The fourth-order valence-electron chi connectivity index (χ4n) is 2.21. The highest BCUT2D eigenvalue weighted by molar-refractivity contribution is 9.10. The molecule has 0 atom stereocenters. The monoisotopic (exact) mass is 408 g/mol. The van der Waals surface area contributed by atoms with E-state index in [9.17, 15) is 4.79 Å². The second kappa shape index (κ2) is 8.36. The third kappa shape index (κ3) is 4.86. The molecule has 0 radical (unpaired) electrons. The number of esters is 1. The maximum atomic E-state index is 12.1. The highest BCUT2D eigenvalue weighted by Crippen LogP contribution is 2.27. The Bertz CT molecular complexity index is 761. The summed E-state index contributed by atoms with van der Waals surface area (Å²) >= 11 is 9.53. The summed E-state index contributed by atoms with van der Waals surface area (Å²) in [5.74, 6) is 0.727. The van der Waals surface area contributed by atoms with Gasteiger partial charge in [0.1, 0.15) is 11.5 Å². The van der Waals surface area contributed by atoms with Crippen molar-refractivity contribution >= 4 is 39.6 Å². The van der Waals surface area contributed by atoms with Crippen molar-refractivity contribution in [1.82, 2.24) is 0 Å². The average Bonchev–Trinajstić information content (AvgIpc) is 2.53. The molecule has 0 unspecified atom stereocenters. The van der Waals surface area contributed by atoms with Crippen LogP contribution in [-0.2, 0) is 4.79 Å². The standard InChI is InChI=1S/C19H18BrClO3/c1-4-23-17-7-6-15(20)11-14(17)5-8-18(22)24-16-9-12(2)19(21)13(3)10-16/h5-11H,4H2,1-3H3/b8-5+. The topological polar surface area (TPSA) is 35.5 Å². The molecule has 0 saturated carbocycles. The molecule has 2 rings (SSSR count). The van der Waals surface area contributed by atoms with E-state index in [1.54, 1.807) is 18.2 Å². The van der Waals surface area contributed by atoms with Crippen LogP contribution in [0.3, 0.4) is 0 Å². The van der Waals surface area contributed by atoms with Gasteiger partial charge < -0.3 is 9.47 Å². The van der Waals surface area contributed by atoms with Crippen molar-refractivity contribution in [3.05, 3.63) is 62.6 Å². The SMILES string of the molecule is CCOc1ccc(Br)cc1/C=C/C(=O)Oc1cc(C)c(Cl)c(C)c1. The number of hydrogen-bond acceptors (Lipinski definition) is 3. The molecule has 3 nitrogen and oxygen atoms in total. The van der Waals surface area contributed by atoms with E-state index in [4.69, 9.17) is 21.1 Å². The summed E-state index contributed by atoms with van der Waals surface area (Å²) in [6.07, 6.45) is 3.05. The third-order valence-corrected chi connectivity index (χ3v) is 4.39. The van der Waals surface area contributed by atoms with Gasteiger partial charge in [0, 0.05) is 21.1 Å². The van der Waals surface area contributed by atoms with Crippen LogP contribution in [0.25, 0.3) is 6.08 Å². The molecule has 0 spiro atoms. The Kier molecular flexibility index (Phi) is 6.46. The largest absolute Gasteiger partial charge is 0.493 e. The van der Waals surface area contributed by atoms with E-state index in [0.717, 1.165) is 21.2 Å². The second-order valence-electron chi connectivity index (χ2n) is 5.24. The molecule has 2 aromatic carbocycles. The van der Waals surface area contributed by atoms with Crippen molar-refractivity contribution in [2.45, 2.75) is 20.8 Å². The van der Waals surface area contributed by atoms with Crippen LogP contribution in [0.2, 0.25) is 5.02 Å². The number of halogens is 2. The predicted octanol–water partition coefficient (Wildman–Crippen LogP) is 5.74. The third-order valence-electron chi connectivity index (χ3n) is 3.30. The quantitative estimate of drug-likeness (QED) is 0.359. The van der Waals surface area contributed by atoms with Crippen molar-refractivity contribution in [3.63, 3.8) is 0 Å². The maximum absolute atomic E-state index is 12.1. The summed E-state index contributed by atoms with van der Waals surface area (Å²) in [5.41, 5.74) is 2.54. The molecule has 0 bridgehead atoms. The van der Waals surface area contributed by atoms with Crippen molar-refractivity contribution in [3.8, 4) is 11.5 Å². The van der Waals surface area contributed by atoms with E-state index in [-0.39, 0.29) is 0 Å². The van der Waals surface area contributed by atoms with Gasteiger partial charge in [-0.25, -0.2) is 4.79 Å². The molecular weight excluding hydrogens is 392 g/mol. The van der Waals surface area contributed by atoms with Crippen LogP contribution in [0.5, 0.6) is 11.5 Å². The zero-order valence-corrected chi connectivity index (χ0v) is 16.1. The molecule has 24 heavy (non-hydrogen) atoms. The maximum Gasteiger partial charge on any atom is 0.336 e. The summed E-state index contributed by atoms with van der Waals surface area (Å²) < 4.78 is 11.8. The van der Waals surface area contributed by atoms with Crippen molar-refractivity contribution in [2.75, 3.05) is 6.61 Å². The van der Waals surface area contributed by atoms with Gasteiger partial charge in [-0.05, 0) is 68.3 Å². The smallest absolute Gasteiger partial charge is 0.336 e. The minimum absolute atomic E-state index is 0.460. The number of benzene rings is 2. The van der Waals surface area contributed by atoms with Gasteiger partial charge in [0.25, 0.3) is 0 Å². The van der Waals surface area contributed by atoms with Crippen LogP contribution in [-0.4, -0.2) is 12.6 Å². The molecule has 0 N–H and O–H groups in total. The summed E-state index contributed by atoms with van der Waals surface area (Å²) in [6.45, 7) is 6.21. The van der Waals surface area contributed by atoms with Crippen molar-refractivity contribution in [2.24, 2.45) is 0 Å². The van der Waals surface area contributed by atoms with Gasteiger partial charge in [-0.2, -0.15) is 0 Å².